The van der Waals surface area contributed by atoms with E-state index in [1.165, 1.54) is 25.7 Å². The molecule has 10 heavy (non-hydrogen) atoms. The van der Waals surface area contributed by atoms with Crippen molar-refractivity contribution in [3.05, 3.63) is 11.6 Å². The molecule has 1 rings (SSSR count). The van der Waals surface area contributed by atoms with Crippen LogP contribution in [-0.4, -0.2) is 12.8 Å². The molecule has 0 aliphatic heterocycles. The molecular formula is C9H15N. The summed E-state index contributed by atoms with van der Waals surface area (Å²) < 4.78 is 0. The van der Waals surface area contributed by atoms with Gasteiger partial charge in [0.25, 0.3) is 0 Å². The Labute approximate surface area is 62.9 Å². The monoisotopic (exact) mass is 137 g/mol. The van der Waals surface area contributed by atoms with Gasteiger partial charge < -0.3 is 0 Å². The Balaban J connectivity index is 2.31. The van der Waals surface area contributed by atoms with Gasteiger partial charge in [-0.1, -0.05) is 5.57 Å². The molecule has 0 unspecified atom stereocenters. The highest BCUT2D eigenvalue weighted by Gasteiger charge is 2.03. The smallest absolute Gasteiger partial charge is 0.0360 e. The van der Waals surface area contributed by atoms with Crippen molar-refractivity contribution in [1.29, 1.82) is 0 Å². The predicted molar refractivity (Wildman–Crippen MR) is 45.6 cm³/mol. The average Bonchev–Trinajstić information content (AvgIpc) is 2.41. The summed E-state index contributed by atoms with van der Waals surface area (Å²) in [6, 6.07) is 0. The van der Waals surface area contributed by atoms with E-state index in [0.717, 1.165) is 6.54 Å². The van der Waals surface area contributed by atoms with E-state index in [0.29, 0.717) is 0 Å². The molecule has 0 aromatic rings. The van der Waals surface area contributed by atoms with Crippen LogP contribution in [0.4, 0.5) is 0 Å². The quantitative estimate of drug-likeness (QED) is 0.519. The third kappa shape index (κ3) is 2.34. The largest absolute Gasteiger partial charge is 0.293 e. The highest BCUT2D eigenvalue weighted by molar-refractivity contribution is 5.72. The summed E-state index contributed by atoms with van der Waals surface area (Å²) >= 11 is 0. The van der Waals surface area contributed by atoms with Crippen molar-refractivity contribution in [3.63, 3.8) is 0 Å². The van der Waals surface area contributed by atoms with Crippen LogP contribution in [0.5, 0.6) is 0 Å². The van der Waals surface area contributed by atoms with Gasteiger partial charge in [0.2, 0.25) is 0 Å². The predicted octanol–water partition coefficient (Wildman–Crippen LogP) is 2.58. The van der Waals surface area contributed by atoms with Gasteiger partial charge in [-0.3, -0.25) is 4.99 Å². The van der Waals surface area contributed by atoms with Gasteiger partial charge in [0.1, 0.15) is 0 Å². The third-order valence-corrected chi connectivity index (χ3v) is 1.84. The SMILES string of the molecule is CCN=CC=C1CCCC1. The van der Waals surface area contributed by atoms with Crippen LogP contribution in [-0.2, 0) is 0 Å². The zero-order valence-electron chi connectivity index (χ0n) is 6.64. The maximum Gasteiger partial charge on any atom is 0.0360 e. The van der Waals surface area contributed by atoms with Crippen molar-refractivity contribution in [1.82, 2.24) is 0 Å². The standard InChI is InChI=1S/C9H15N/c1-2-10-8-7-9-5-3-4-6-9/h7-8H,2-6H2,1H3. The Kier molecular flexibility index (Phi) is 3.20. The minimum atomic E-state index is 0.907. The van der Waals surface area contributed by atoms with Crippen LogP contribution in [0.3, 0.4) is 0 Å². The van der Waals surface area contributed by atoms with Crippen molar-refractivity contribution in [3.8, 4) is 0 Å². The number of hydrogen-bond donors (Lipinski definition) is 0. The summed E-state index contributed by atoms with van der Waals surface area (Å²) in [5, 5.41) is 0. The fourth-order valence-electron chi connectivity index (χ4n) is 1.26. The van der Waals surface area contributed by atoms with Crippen LogP contribution >= 0.6 is 0 Å². The lowest BCUT2D eigenvalue weighted by atomic mass is 10.2. The fourth-order valence-corrected chi connectivity index (χ4v) is 1.26. The number of allylic oxidation sites excluding steroid dienone is 2. The highest BCUT2D eigenvalue weighted by atomic mass is 14.7. The second-order valence-electron chi connectivity index (χ2n) is 2.68. The lowest BCUT2D eigenvalue weighted by Gasteiger charge is -1.88. The molecule has 0 heterocycles. The van der Waals surface area contributed by atoms with E-state index >= 15 is 0 Å². The molecule has 1 nitrogen and oxygen atoms in total. The molecule has 0 aromatic carbocycles. The summed E-state index contributed by atoms with van der Waals surface area (Å²) in [5.74, 6) is 0. The van der Waals surface area contributed by atoms with Gasteiger partial charge in [0.15, 0.2) is 0 Å². The van der Waals surface area contributed by atoms with Gasteiger partial charge in [0.05, 0.1) is 0 Å². The van der Waals surface area contributed by atoms with Gasteiger partial charge in [0, 0.05) is 12.8 Å². The molecule has 1 heteroatoms. The third-order valence-electron chi connectivity index (χ3n) is 1.84. The molecule has 0 saturated heterocycles. The normalized spacial score (nSPS) is 18.7. The molecule has 0 aromatic heterocycles. The number of aliphatic imine (C=N–C) groups is 1. The molecule has 0 spiro atoms. The number of hydrogen-bond acceptors (Lipinski definition) is 1. The molecule has 0 amide bonds. The van der Waals surface area contributed by atoms with Crippen molar-refractivity contribution >= 4 is 6.21 Å². The minimum absolute atomic E-state index is 0.907. The molecule has 1 saturated carbocycles. The number of rotatable bonds is 2. The van der Waals surface area contributed by atoms with Crippen LogP contribution < -0.4 is 0 Å². The fraction of sp³-hybridized carbons (Fsp3) is 0.667. The van der Waals surface area contributed by atoms with E-state index < -0.39 is 0 Å². The van der Waals surface area contributed by atoms with Crippen molar-refractivity contribution in [2.24, 2.45) is 4.99 Å². The maximum absolute atomic E-state index is 4.13. The van der Waals surface area contributed by atoms with Gasteiger partial charge in [-0.25, -0.2) is 0 Å². The highest BCUT2D eigenvalue weighted by Crippen LogP contribution is 2.22. The van der Waals surface area contributed by atoms with Gasteiger partial charge >= 0.3 is 0 Å². The maximum atomic E-state index is 4.13. The Morgan fingerprint density at radius 3 is 2.70 bits per heavy atom. The van der Waals surface area contributed by atoms with Crippen molar-refractivity contribution < 1.29 is 0 Å². The average molecular weight is 137 g/mol. The molecule has 0 bridgehead atoms. The van der Waals surface area contributed by atoms with Crippen LogP contribution in [0.25, 0.3) is 0 Å². The zero-order chi connectivity index (χ0) is 7.23. The summed E-state index contributed by atoms with van der Waals surface area (Å²) in [5.41, 5.74) is 1.58. The first-order valence-electron chi connectivity index (χ1n) is 4.11. The van der Waals surface area contributed by atoms with E-state index in [9.17, 15) is 0 Å². The molecule has 1 fully saturated rings. The Hall–Kier alpha value is -0.590. The molecule has 0 N–H and O–H groups in total. The van der Waals surface area contributed by atoms with Gasteiger partial charge in [-0.15, -0.1) is 0 Å². The summed E-state index contributed by atoms with van der Waals surface area (Å²) in [4.78, 5) is 4.13. The summed E-state index contributed by atoms with van der Waals surface area (Å²) in [6.07, 6.45) is 9.49. The molecular weight excluding hydrogens is 122 g/mol. The first-order valence-corrected chi connectivity index (χ1v) is 4.11. The Morgan fingerprint density at radius 2 is 2.10 bits per heavy atom. The van der Waals surface area contributed by atoms with E-state index in [-0.39, 0.29) is 0 Å². The zero-order valence-corrected chi connectivity index (χ0v) is 6.64. The molecule has 1 aliphatic carbocycles. The second-order valence-corrected chi connectivity index (χ2v) is 2.68. The first-order chi connectivity index (χ1) is 4.93. The van der Waals surface area contributed by atoms with E-state index in [1.54, 1.807) is 5.57 Å². The second kappa shape index (κ2) is 4.26. The van der Waals surface area contributed by atoms with Crippen LogP contribution in [0, 0.1) is 0 Å². The van der Waals surface area contributed by atoms with Gasteiger partial charge in [-0.05, 0) is 38.7 Å². The van der Waals surface area contributed by atoms with E-state index in [1.807, 2.05) is 6.21 Å². The number of nitrogens with zero attached hydrogens (tertiary/aromatic N) is 1. The van der Waals surface area contributed by atoms with Gasteiger partial charge in [-0.2, -0.15) is 0 Å². The van der Waals surface area contributed by atoms with Crippen LogP contribution in [0.1, 0.15) is 32.6 Å². The van der Waals surface area contributed by atoms with Crippen LogP contribution in [0.2, 0.25) is 0 Å². The summed E-state index contributed by atoms with van der Waals surface area (Å²) in [6.45, 7) is 2.97. The topological polar surface area (TPSA) is 12.4 Å². The lowest BCUT2D eigenvalue weighted by Crippen LogP contribution is -1.74. The molecule has 0 atom stereocenters. The van der Waals surface area contributed by atoms with Crippen molar-refractivity contribution in [2.45, 2.75) is 32.6 Å². The lowest BCUT2D eigenvalue weighted by molar-refractivity contribution is 0.886. The first kappa shape index (κ1) is 7.52. The molecule has 56 valence electrons. The molecule has 1 aliphatic rings. The van der Waals surface area contributed by atoms with Crippen LogP contribution in [0.15, 0.2) is 16.6 Å². The molecule has 0 radical (unpaired) electrons. The summed E-state index contributed by atoms with van der Waals surface area (Å²) in [7, 11) is 0. The van der Waals surface area contributed by atoms with Crippen molar-refractivity contribution in [2.75, 3.05) is 6.54 Å². The van der Waals surface area contributed by atoms with E-state index in [4.69, 9.17) is 0 Å². The Morgan fingerprint density at radius 1 is 1.40 bits per heavy atom. The minimum Gasteiger partial charge on any atom is -0.293 e. The Bertz CT molecular complexity index is 137. The van der Waals surface area contributed by atoms with E-state index in [2.05, 4.69) is 18.0 Å².